The highest BCUT2D eigenvalue weighted by molar-refractivity contribution is 6.30. The molecule has 2 saturated heterocycles. The van der Waals surface area contributed by atoms with Crippen molar-refractivity contribution < 1.29 is 19.3 Å². The first kappa shape index (κ1) is 30.0. The number of morpholine rings is 2. The lowest BCUT2D eigenvalue weighted by molar-refractivity contribution is -0.384. The Morgan fingerprint density at radius 1 is 0.838 bits per heavy atom. The Labute approximate surface area is 221 Å². The molecule has 0 spiro atoms. The minimum atomic E-state index is -0.550. The number of nitrogens with zero attached hydrogens (tertiary/aromatic N) is 3. The number of nitrogens with one attached hydrogen (secondary N) is 1. The number of nitrogen functional groups attached to an aromatic ring is 2. The molecule has 2 heterocycles. The van der Waals surface area contributed by atoms with Crippen LogP contribution < -0.4 is 21.7 Å². The van der Waals surface area contributed by atoms with Crippen molar-refractivity contribution in [3.63, 3.8) is 0 Å². The maximum Gasteiger partial charge on any atom is 0.292 e. The lowest BCUT2D eigenvalue weighted by Gasteiger charge is -2.36. The van der Waals surface area contributed by atoms with Crippen molar-refractivity contribution >= 4 is 40.0 Å². The maximum atomic E-state index is 10.7. The Bertz CT molecular complexity index is 1060. The first-order chi connectivity index (χ1) is 17.4. The molecule has 4 rings (SSSR count). The Kier molecular flexibility index (Phi) is 11.3. The normalized spacial score (nSPS) is 23.1. The van der Waals surface area contributed by atoms with E-state index in [2.05, 4.69) is 24.1 Å². The average molecular weight is 539 g/mol. The van der Waals surface area contributed by atoms with Crippen molar-refractivity contribution in [1.29, 1.82) is 0 Å². The van der Waals surface area contributed by atoms with Crippen LogP contribution >= 0.6 is 11.6 Å². The first-order valence-corrected chi connectivity index (χ1v) is 12.2. The molecule has 0 saturated carbocycles. The molecule has 0 aromatic heterocycles. The molecule has 2 aliphatic heterocycles. The van der Waals surface area contributed by atoms with Gasteiger partial charge in [0.05, 0.1) is 34.3 Å². The van der Waals surface area contributed by atoms with E-state index in [1.807, 2.05) is 13.8 Å². The first-order valence-electron chi connectivity index (χ1n) is 11.9. The maximum absolute atomic E-state index is 10.7. The SMILES string of the molecule is C[C@@H]1CN(c2ccc([N+](=O)[O-])c(N)c2)C[C@H](C)O1.C[C@@H]1CNC[C@H](C)O1.Nc1cc(Cl)ccc1[N+](=O)[O-]. The number of benzene rings is 2. The predicted molar refractivity (Wildman–Crippen MR) is 145 cm³/mol. The summed E-state index contributed by atoms with van der Waals surface area (Å²) in [5, 5.41) is 24.6. The molecule has 37 heavy (non-hydrogen) atoms. The quantitative estimate of drug-likeness (QED) is 0.294. The molecule has 0 bridgehead atoms. The van der Waals surface area contributed by atoms with Crippen molar-refractivity contribution in [3.8, 4) is 0 Å². The van der Waals surface area contributed by atoms with Gasteiger partial charge in [-0.15, -0.1) is 0 Å². The lowest BCUT2D eigenvalue weighted by atomic mass is 10.1. The second kappa shape index (κ2) is 13.9. The number of anilines is 3. The second-order valence-electron chi connectivity index (χ2n) is 9.04. The topological polar surface area (TPSA) is 172 Å². The second-order valence-corrected chi connectivity index (χ2v) is 9.47. The van der Waals surface area contributed by atoms with Gasteiger partial charge >= 0.3 is 0 Å². The third kappa shape index (κ3) is 9.65. The van der Waals surface area contributed by atoms with Crippen LogP contribution in [0.2, 0.25) is 5.02 Å². The third-order valence-electron chi connectivity index (χ3n) is 5.51. The summed E-state index contributed by atoms with van der Waals surface area (Å²) in [6.45, 7) is 11.7. The highest BCUT2D eigenvalue weighted by Crippen LogP contribution is 2.28. The zero-order valence-electron chi connectivity index (χ0n) is 21.4. The zero-order valence-corrected chi connectivity index (χ0v) is 22.2. The number of nitrogens with two attached hydrogens (primary N) is 2. The van der Waals surface area contributed by atoms with Crippen molar-refractivity contribution in [1.82, 2.24) is 5.32 Å². The molecule has 0 amide bonds. The molecule has 2 aromatic carbocycles. The zero-order chi connectivity index (χ0) is 27.7. The highest BCUT2D eigenvalue weighted by Gasteiger charge is 2.23. The summed E-state index contributed by atoms with van der Waals surface area (Å²) in [6, 6.07) is 8.89. The van der Waals surface area contributed by atoms with Crippen LogP contribution in [0.25, 0.3) is 0 Å². The van der Waals surface area contributed by atoms with Gasteiger partial charge in [-0.2, -0.15) is 0 Å². The van der Waals surface area contributed by atoms with E-state index >= 15 is 0 Å². The van der Waals surface area contributed by atoms with E-state index in [1.165, 1.54) is 24.3 Å². The van der Waals surface area contributed by atoms with Crippen molar-refractivity contribution in [2.24, 2.45) is 0 Å². The van der Waals surface area contributed by atoms with Gasteiger partial charge in [-0.05, 0) is 52.0 Å². The predicted octanol–water partition coefficient (Wildman–Crippen LogP) is 4.00. The van der Waals surface area contributed by atoms with Gasteiger partial charge in [-0.1, -0.05) is 11.6 Å². The summed E-state index contributed by atoms with van der Waals surface area (Å²) in [7, 11) is 0. The Hall–Kier alpha value is -3.19. The van der Waals surface area contributed by atoms with Crippen molar-refractivity contribution in [2.75, 3.05) is 42.5 Å². The number of ether oxygens (including phenoxy) is 2. The molecule has 204 valence electrons. The van der Waals surface area contributed by atoms with Gasteiger partial charge in [-0.25, -0.2) is 0 Å². The number of rotatable bonds is 3. The van der Waals surface area contributed by atoms with E-state index in [-0.39, 0.29) is 35.0 Å². The fraction of sp³-hybridized carbons (Fsp3) is 0.500. The summed E-state index contributed by atoms with van der Waals surface area (Å²) in [5.74, 6) is 0. The number of nitro groups is 2. The molecule has 4 atom stereocenters. The molecule has 0 radical (unpaired) electrons. The number of halogens is 1. The summed E-state index contributed by atoms with van der Waals surface area (Å²) < 4.78 is 11.1. The van der Waals surface area contributed by atoms with Gasteiger partial charge in [0.1, 0.15) is 11.4 Å². The van der Waals surface area contributed by atoms with E-state index in [9.17, 15) is 20.2 Å². The van der Waals surface area contributed by atoms with Crippen LogP contribution in [0.15, 0.2) is 36.4 Å². The lowest BCUT2D eigenvalue weighted by Crippen LogP contribution is -2.45. The summed E-state index contributed by atoms with van der Waals surface area (Å²) >= 11 is 5.52. The summed E-state index contributed by atoms with van der Waals surface area (Å²) in [6.07, 6.45) is 1.09. The molecule has 13 heteroatoms. The van der Waals surface area contributed by atoms with Gasteiger partial charge in [-0.3, -0.25) is 20.2 Å². The molecule has 2 aromatic rings. The average Bonchev–Trinajstić information content (AvgIpc) is 2.78. The highest BCUT2D eigenvalue weighted by atomic mass is 35.5. The smallest absolute Gasteiger partial charge is 0.292 e. The summed E-state index contributed by atoms with van der Waals surface area (Å²) in [5.41, 5.74) is 12.0. The fourth-order valence-electron chi connectivity index (χ4n) is 3.97. The number of hydrogen-bond donors (Lipinski definition) is 3. The van der Waals surface area contributed by atoms with Crippen LogP contribution in [0.1, 0.15) is 27.7 Å². The van der Waals surface area contributed by atoms with Crippen molar-refractivity contribution in [3.05, 3.63) is 61.6 Å². The molecule has 5 N–H and O–H groups in total. The van der Waals surface area contributed by atoms with E-state index < -0.39 is 9.85 Å². The molecule has 12 nitrogen and oxygen atoms in total. The fourth-order valence-corrected chi connectivity index (χ4v) is 4.15. The Morgan fingerprint density at radius 3 is 1.70 bits per heavy atom. The minimum absolute atomic E-state index is 0.0480. The Balaban J connectivity index is 0.000000215. The molecular weight excluding hydrogens is 504 g/mol. The standard InChI is InChI=1S/C12H17N3O3.C6H5ClN2O2.C6H13NO/c1-8-6-14(7-9(2)18-8)10-3-4-12(15(16)17)11(13)5-10;7-4-1-2-6(9(10)11)5(8)3-4;1-5-3-7-4-6(2)8-5/h3-5,8-9H,6-7,13H2,1-2H3;1-3H,8H2;5-7H,3-4H2,1-2H3/t8-,9+;;5-,6+. The van der Waals surface area contributed by atoms with Crippen LogP contribution in [0, 0.1) is 20.2 Å². The summed E-state index contributed by atoms with van der Waals surface area (Å²) in [4.78, 5) is 22.0. The van der Waals surface area contributed by atoms with E-state index in [1.54, 1.807) is 12.1 Å². The van der Waals surface area contributed by atoms with Crippen LogP contribution in [0.5, 0.6) is 0 Å². The molecule has 0 unspecified atom stereocenters. The number of hydrogen-bond acceptors (Lipinski definition) is 10. The van der Waals surface area contributed by atoms with Gasteiger partial charge in [0.25, 0.3) is 11.4 Å². The van der Waals surface area contributed by atoms with Crippen LogP contribution in [-0.2, 0) is 9.47 Å². The Morgan fingerprint density at radius 2 is 1.30 bits per heavy atom. The van der Waals surface area contributed by atoms with Crippen LogP contribution in [0.3, 0.4) is 0 Å². The van der Waals surface area contributed by atoms with Crippen LogP contribution in [-0.4, -0.2) is 60.4 Å². The minimum Gasteiger partial charge on any atom is -0.393 e. The monoisotopic (exact) mass is 538 g/mol. The number of nitro benzene ring substituents is 2. The van der Waals surface area contributed by atoms with E-state index in [0.717, 1.165) is 31.9 Å². The third-order valence-corrected chi connectivity index (χ3v) is 5.74. The molecule has 0 aliphatic carbocycles. The molecule has 2 fully saturated rings. The van der Waals surface area contributed by atoms with Crippen LogP contribution in [0.4, 0.5) is 28.4 Å². The van der Waals surface area contributed by atoms with Gasteiger partial charge < -0.3 is 31.2 Å². The van der Waals surface area contributed by atoms with E-state index in [0.29, 0.717) is 17.2 Å². The van der Waals surface area contributed by atoms with Crippen molar-refractivity contribution in [2.45, 2.75) is 52.1 Å². The van der Waals surface area contributed by atoms with Gasteiger partial charge in [0, 0.05) is 49.0 Å². The van der Waals surface area contributed by atoms with Gasteiger partial charge in [0.2, 0.25) is 0 Å². The largest absolute Gasteiger partial charge is 0.393 e. The molecular formula is C24H35ClN6O6. The molecule has 2 aliphatic rings. The van der Waals surface area contributed by atoms with E-state index in [4.69, 9.17) is 32.5 Å². The van der Waals surface area contributed by atoms with Gasteiger partial charge in [0.15, 0.2) is 0 Å².